The summed E-state index contributed by atoms with van der Waals surface area (Å²) < 4.78 is 18.6. The van der Waals surface area contributed by atoms with Crippen molar-refractivity contribution in [1.82, 2.24) is 4.90 Å². The highest BCUT2D eigenvalue weighted by Gasteiger charge is 2.35. The van der Waals surface area contributed by atoms with E-state index in [0.717, 1.165) is 18.5 Å². The SMILES string of the molecule is COC(=O)[C@@H]1CN(C)CC[C@@H]1c1ccc(C)c(F)c1. The highest BCUT2D eigenvalue weighted by Crippen LogP contribution is 2.34. The molecule has 104 valence electrons. The molecule has 2 atom stereocenters. The van der Waals surface area contributed by atoms with Crippen LogP contribution in [0.1, 0.15) is 23.5 Å². The van der Waals surface area contributed by atoms with Gasteiger partial charge in [-0.3, -0.25) is 4.79 Å². The zero-order valence-electron chi connectivity index (χ0n) is 11.6. The Labute approximate surface area is 113 Å². The molecule has 3 nitrogen and oxygen atoms in total. The number of carbonyl (C=O) groups is 1. The number of methoxy groups -OCH3 is 1. The van der Waals surface area contributed by atoms with Crippen LogP contribution in [0.3, 0.4) is 0 Å². The Morgan fingerprint density at radius 3 is 2.84 bits per heavy atom. The molecule has 0 radical (unpaired) electrons. The van der Waals surface area contributed by atoms with Crippen LogP contribution in [0.5, 0.6) is 0 Å². The first-order chi connectivity index (χ1) is 9.02. The van der Waals surface area contributed by atoms with Crippen molar-refractivity contribution in [2.45, 2.75) is 19.3 Å². The molecule has 1 aliphatic heterocycles. The minimum atomic E-state index is -0.217. The average molecular weight is 265 g/mol. The van der Waals surface area contributed by atoms with Crippen LogP contribution in [0.25, 0.3) is 0 Å². The number of hydrogen-bond acceptors (Lipinski definition) is 3. The van der Waals surface area contributed by atoms with E-state index in [0.29, 0.717) is 12.1 Å². The monoisotopic (exact) mass is 265 g/mol. The Morgan fingerprint density at radius 2 is 2.21 bits per heavy atom. The maximum atomic E-state index is 13.7. The van der Waals surface area contributed by atoms with E-state index in [-0.39, 0.29) is 23.6 Å². The summed E-state index contributed by atoms with van der Waals surface area (Å²) in [7, 11) is 3.39. The Morgan fingerprint density at radius 1 is 1.47 bits per heavy atom. The number of aryl methyl sites for hydroxylation is 1. The van der Waals surface area contributed by atoms with Crippen LogP contribution in [0.2, 0.25) is 0 Å². The quantitative estimate of drug-likeness (QED) is 0.769. The molecule has 0 saturated carbocycles. The molecular weight excluding hydrogens is 245 g/mol. The van der Waals surface area contributed by atoms with Crippen LogP contribution in [0.4, 0.5) is 4.39 Å². The maximum Gasteiger partial charge on any atom is 0.310 e. The number of rotatable bonds is 2. The number of carbonyl (C=O) groups excluding carboxylic acids is 1. The fourth-order valence-corrected chi connectivity index (χ4v) is 2.74. The van der Waals surface area contributed by atoms with E-state index in [1.807, 2.05) is 13.1 Å². The van der Waals surface area contributed by atoms with Gasteiger partial charge < -0.3 is 9.64 Å². The van der Waals surface area contributed by atoms with Crippen LogP contribution in [0, 0.1) is 18.7 Å². The van der Waals surface area contributed by atoms with Gasteiger partial charge in [-0.1, -0.05) is 12.1 Å². The summed E-state index contributed by atoms with van der Waals surface area (Å²) in [6.45, 7) is 3.31. The third-order valence-electron chi connectivity index (χ3n) is 3.94. The first-order valence-electron chi connectivity index (χ1n) is 6.55. The molecule has 2 rings (SSSR count). The summed E-state index contributed by atoms with van der Waals surface area (Å²) >= 11 is 0. The van der Waals surface area contributed by atoms with Gasteiger partial charge in [0.15, 0.2) is 0 Å². The maximum absolute atomic E-state index is 13.7. The molecule has 1 aromatic carbocycles. The molecule has 0 aromatic heterocycles. The van der Waals surface area contributed by atoms with Crippen LogP contribution in [-0.4, -0.2) is 38.1 Å². The molecule has 1 fully saturated rings. The van der Waals surface area contributed by atoms with E-state index in [2.05, 4.69) is 4.90 Å². The van der Waals surface area contributed by atoms with Gasteiger partial charge in [0.1, 0.15) is 5.82 Å². The lowest BCUT2D eigenvalue weighted by atomic mass is 9.80. The van der Waals surface area contributed by atoms with Gasteiger partial charge in [0, 0.05) is 6.54 Å². The third-order valence-corrected chi connectivity index (χ3v) is 3.94. The van der Waals surface area contributed by atoms with Crippen molar-refractivity contribution in [2.75, 3.05) is 27.2 Å². The van der Waals surface area contributed by atoms with E-state index in [4.69, 9.17) is 4.74 Å². The van der Waals surface area contributed by atoms with Crippen molar-refractivity contribution in [3.05, 3.63) is 35.1 Å². The fraction of sp³-hybridized carbons (Fsp3) is 0.533. The van der Waals surface area contributed by atoms with Crippen molar-refractivity contribution in [2.24, 2.45) is 5.92 Å². The van der Waals surface area contributed by atoms with Gasteiger partial charge in [-0.25, -0.2) is 4.39 Å². The lowest BCUT2D eigenvalue weighted by molar-refractivity contribution is -0.148. The van der Waals surface area contributed by atoms with E-state index < -0.39 is 0 Å². The van der Waals surface area contributed by atoms with Gasteiger partial charge in [-0.15, -0.1) is 0 Å². The first-order valence-corrected chi connectivity index (χ1v) is 6.55. The molecule has 0 aliphatic carbocycles. The normalized spacial score (nSPS) is 24.2. The molecule has 0 bridgehead atoms. The lowest BCUT2D eigenvalue weighted by Gasteiger charge is -2.35. The molecule has 1 heterocycles. The van der Waals surface area contributed by atoms with Gasteiger partial charge in [0.05, 0.1) is 13.0 Å². The Kier molecular flexibility index (Phi) is 4.20. The number of nitrogens with zero attached hydrogens (tertiary/aromatic N) is 1. The number of halogens is 1. The van der Waals surface area contributed by atoms with Crippen LogP contribution < -0.4 is 0 Å². The molecule has 4 heteroatoms. The van der Waals surface area contributed by atoms with Gasteiger partial charge in [0.25, 0.3) is 0 Å². The summed E-state index contributed by atoms with van der Waals surface area (Å²) in [6, 6.07) is 5.25. The van der Waals surface area contributed by atoms with Crippen molar-refractivity contribution in [1.29, 1.82) is 0 Å². The van der Waals surface area contributed by atoms with Gasteiger partial charge in [-0.05, 0) is 50.0 Å². The second-order valence-corrected chi connectivity index (χ2v) is 5.30. The Balaban J connectivity index is 2.29. The number of benzene rings is 1. The molecule has 19 heavy (non-hydrogen) atoms. The highest BCUT2D eigenvalue weighted by molar-refractivity contribution is 5.74. The zero-order chi connectivity index (χ0) is 14.0. The number of piperidine rings is 1. The molecule has 1 aromatic rings. The highest BCUT2D eigenvalue weighted by atomic mass is 19.1. The summed E-state index contributed by atoms with van der Waals surface area (Å²) in [6.07, 6.45) is 0.846. The van der Waals surface area contributed by atoms with Crippen molar-refractivity contribution >= 4 is 5.97 Å². The van der Waals surface area contributed by atoms with Gasteiger partial charge in [0.2, 0.25) is 0 Å². The summed E-state index contributed by atoms with van der Waals surface area (Å²) in [5.41, 5.74) is 1.53. The second-order valence-electron chi connectivity index (χ2n) is 5.30. The Bertz CT molecular complexity index is 475. The van der Waals surface area contributed by atoms with E-state index in [1.54, 1.807) is 19.1 Å². The van der Waals surface area contributed by atoms with Crippen molar-refractivity contribution in [3.8, 4) is 0 Å². The molecular formula is C15H20FNO2. The number of ether oxygens (including phenoxy) is 1. The summed E-state index contributed by atoms with van der Waals surface area (Å²) in [5.74, 6) is -0.595. The first kappa shape index (κ1) is 14.0. The predicted molar refractivity (Wildman–Crippen MR) is 71.5 cm³/mol. The lowest BCUT2D eigenvalue weighted by Crippen LogP contribution is -2.41. The van der Waals surface area contributed by atoms with Crippen LogP contribution >= 0.6 is 0 Å². The van der Waals surface area contributed by atoms with E-state index in [9.17, 15) is 9.18 Å². The molecule has 0 spiro atoms. The number of likely N-dealkylation sites (tertiary alicyclic amines) is 1. The largest absolute Gasteiger partial charge is 0.469 e. The Hall–Kier alpha value is -1.42. The number of esters is 1. The molecule has 0 unspecified atom stereocenters. The minimum absolute atomic E-state index is 0.0405. The third kappa shape index (κ3) is 2.95. The van der Waals surface area contributed by atoms with Crippen LogP contribution in [0.15, 0.2) is 18.2 Å². The smallest absolute Gasteiger partial charge is 0.310 e. The average Bonchev–Trinajstić information content (AvgIpc) is 2.41. The number of hydrogen-bond donors (Lipinski definition) is 0. The van der Waals surface area contributed by atoms with E-state index in [1.165, 1.54) is 7.11 Å². The van der Waals surface area contributed by atoms with Crippen LogP contribution in [-0.2, 0) is 9.53 Å². The predicted octanol–water partition coefficient (Wildman–Crippen LogP) is 2.34. The minimum Gasteiger partial charge on any atom is -0.469 e. The van der Waals surface area contributed by atoms with Gasteiger partial charge in [-0.2, -0.15) is 0 Å². The molecule has 1 aliphatic rings. The topological polar surface area (TPSA) is 29.5 Å². The van der Waals surface area contributed by atoms with Crippen molar-refractivity contribution < 1.29 is 13.9 Å². The molecule has 0 amide bonds. The fourth-order valence-electron chi connectivity index (χ4n) is 2.74. The van der Waals surface area contributed by atoms with E-state index >= 15 is 0 Å². The van der Waals surface area contributed by atoms with Crippen molar-refractivity contribution in [3.63, 3.8) is 0 Å². The second kappa shape index (κ2) is 5.70. The standard InChI is InChI=1S/C15H20FNO2/c1-10-4-5-11(8-14(10)16)12-6-7-17(2)9-13(12)15(18)19-3/h4-5,8,12-13H,6-7,9H2,1-3H3/t12-,13-/m1/s1. The van der Waals surface area contributed by atoms with Gasteiger partial charge >= 0.3 is 5.97 Å². The summed E-state index contributed by atoms with van der Waals surface area (Å²) in [5, 5.41) is 0. The molecule has 0 N–H and O–H groups in total. The zero-order valence-corrected chi connectivity index (χ0v) is 11.6. The molecule has 1 saturated heterocycles. The summed E-state index contributed by atoms with van der Waals surface area (Å²) in [4.78, 5) is 14.0.